The predicted octanol–water partition coefficient (Wildman–Crippen LogP) is 4.12. The van der Waals surface area contributed by atoms with Crippen LogP contribution in [0.15, 0.2) is 78.9 Å². The summed E-state index contributed by atoms with van der Waals surface area (Å²) in [5.41, 5.74) is 1.35. The molecule has 3 aromatic rings. The molecule has 0 saturated carbocycles. The van der Waals surface area contributed by atoms with Crippen LogP contribution in [0.4, 0.5) is 11.4 Å². The summed E-state index contributed by atoms with van der Waals surface area (Å²) in [4.78, 5) is 55.3. The van der Waals surface area contributed by atoms with E-state index in [2.05, 4.69) is 5.32 Å². The van der Waals surface area contributed by atoms with E-state index in [0.717, 1.165) is 5.56 Å². The second-order valence-electron chi connectivity index (χ2n) is 12.0. The van der Waals surface area contributed by atoms with Crippen LogP contribution in [0.3, 0.4) is 0 Å². The van der Waals surface area contributed by atoms with Crippen LogP contribution >= 0.6 is 0 Å². The van der Waals surface area contributed by atoms with Crippen molar-refractivity contribution in [3.63, 3.8) is 0 Å². The molecular formula is C33H39N3O6Si. The number of aliphatic hydroxyl groups excluding tert-OH is 1. The average Bonchev–Trinajstić information content (AvgIpc) is 3.39. The van der Waals surface area contributed by atoms with Gasteiger partial charge in [-0.3, -0.25) is 14.4 Å². The summed E-state index contributed by atoms with van der Waals surface area (Å²) >= 11 is 0. The molecule has 0 bridgehead atoms. The van der Waals surface area contributed by atoms with E-state index in [0.29, 0.717) is 29.0 Å². The van der Waals surface area contributed by atoms with Crippen molar-refractivity contribution >= 4 is 37.4 Å². The van der Waals surface area contributed by atoms with Crippen molar-refractivity contribution in [2.45, 2.75) is 50.2 Å². The molecule has 3 aromatic carbocycles. The minimum absolute atomic E-state index is 0.0443. The molecule has 1 fully saturated rings. The molecule has 2 aliphatic heterocycles. The number of nitrogens with one attached hydrogen (secondary N) is 1. The maximum atomic E-state index is 14.1. The highest BCUT2D eigenvalue weighted by Crippen LogP contribution is 2.59. The molecule has 9 nitrogen and oxygen atoms in total. The molecule has 0 radical (unpaired) electrons. The van der Waals surface area contributed by atoms with Crippen LogP contribution in [0.2, 0.25) is 18.6 Å². The first kappa shape index (κ1) is 30.6. The van der Waals surface area contributed by atoms with Gasteiger partial charge in [-0.1, -0.05) is 55.5 Å². The smallest absolute Gasteiger partial charge is 0.264 e. The van der Waals surface area contributed by atoms with Crippen molar-refractivity contribution in [3.8, 4) is 0 Å². The number of benzene rings is 3. The number of aliphatic hydroxyl groups is 1. The number of ether oxygens (including phenoxy) is 1. The van der Waals surface area contributed by atoms with E-state index in [1.165, 1.54) is 0 Å². The van der Waals surface area contributed by atoms with Gasteiger partial charge in [0, 0.05) is 48.4 Å². The van der Waals surface area contributed by atoms with Crippen molar-refractivity contribution < 1.29 is 29.0 Å². The number of carbonyl (C=O) groups is 3. The third-order valence-corrected chi connectivity index (χ3v) is 11.2. The quantitative estimate of drug-likeness (QED) is 0.318. The van der Waals surface area contributed by atoms with E-state index >= 15 is 0 Å². The standard InChI is InChI=1S/C33H39N3O6Si/c1-22-30(43(3,4)41)28(20-29(38)36(17-18-37)21-23-11-7-5-8-12-23)42-33(22)26-19-25(15-16-27(26)35(2)32(33)40)34-31(39)24-13-9-6-10-14-24/h5-16,19,22,28,30,37,41H,17-18,20-21H2,1-4H3,(H,34,39)/t22-,28+,30-,33+/m0/s1. The fourth-order valence-corrected chi connectivity index (χ4v) is 9.33. The largest absolute Gasteiger partial charge is 0.432 e. The van der Waals surface area contributed by atoms with Gasteiger partial charge in [-0.25, -0.2) is 0 Å². The molecule has 1 spiro atoms. The molecule has 0 aliphatic carbocycles. The Morgan fingerprint density at radius 3 is 2.33 bits per heavy atom. The zero-order chi connectivity index (χ0) is 30.9. The molecule has 1 saturated heterocycles. The van der Waals surface area contributed by atoms with Gasteiger partial charge in [-0.05, 0) is 49.0 Å². The minimum atomic E-state index is -2.98. The Morgan fingerprint density at radius 1 is 1.05 bits per heavy atom. The van der Waals surface area contributed by atoms with Gasteiger partial charge in [0.1, 0.15) is 0 Å². The summed E-state index contributed by atoms with van der Waals surface area (Å²) in [5, 5.41) is 12.6. The molecule has 0 unspecified atom stereocenters. The molecule has 226 valence electrons. The van der Waals surface area contributed by atoms with Crippen LogP contribution in [0.5, 0.6) is 0 Å². The highest BCUT2D eigenvalue weighted by molar-refractivity contribution is 6.71. The number of anilines is 2. The molecule has 43 heavy (non-hydrogen) atoms. The monoisotopic (exact) mass is 601 g/mol. The van der Waals surface area contributed by atoms with Crippen LogP contribution in [-0.2, 0) is 26.5 Å². The van der Waals surface area contributed by atoms with Crippen LogP contribution in [0.1, 0.15) is 34.8 Å². The van der Waals surface area contributed by atoms with E-state index in [1.807, 2.05) is 56.4 Å². The number of amides is 3. The summed E-state index contributed by atoms with van der Waals surface area (Å²) in [5.74, 6) is -1.22. The molecule has 4 atom stereocenters. The second-order valence-corrected chi connectivity index (χ2v) is 16.0. The molecule has 3 N–H and O–H groups in total. The number of likely N-dealkylation sites (N-methyl/N-ethyl adjacent to an activating group) is 1. The molecule has 3 amide bonds. The van der Waals surface area contributed by atoms with Gasteiger partial charge in [0.25, 0.3) is 11.8 Å². The third kappa shape index (κ3) is 5.75. The summed E-state index contributed by atoms with van der Waals surface area (Å²) in [6, 6.07) is 23.7. The van der Waals surface area contributed by atoms with Gasteiger partial charge >= 0.3 is 0 Å². The summed E-state index contributed by atoms with van der Waals surface area (Å²) in [7, 11) is -1.29. The number of carbonyl (C=O) groups excluding carboxylic acids is 3. The maximum Gasteiger partial charge on any atom is 0.264 e. The molecule has 0 aromatic heterocycles. The van der Waals surface area contributed by atoms with Gasteiger partial charge in [0.2, 0.25) is 5.91 Å². The predicted molar refractivity (Wildman–Crippen MR) is 167 cm³/mol. The van der Waals surface area contributed by atoms with Gasteiger partial charge in [-0.2, -0.15) is 0 Å². The first-order valence-electron chi connectivity index (χ1n) is 14.6. The van der Waals surface area contributed by atoms with E-state index in [-0.39, 0.29) is 37.3 Å². The highest BCUT2D eigenvalue weighted by atomic mass is 28.4. The van der Waals surface area contributed by atoms with Gasteiger partial charge in [0.05, 0.1) is 24.8 Å². The van der Waals surface area contributed by atoms with Crippen LogP contribution < -0.4 is 10.2 Å². The normalized spacial score (nSPS) is 23.0. The summed E-state index contributed by atoms with van der Waals surface area (Å²) < 4.78 is 6.73. The second kappa shape index (κ2) is 12.0. The Bertz CT molecular complexity index is 1500. The van der Waals surface area contributed by atoms with Crippen molar-refractivity contribution in [3.05, 3.63) is 95.6 Å². The van der Waals surface area contributed by atoms with Gasteiger partial charge < -0.3 is 29.8 Å². The Labute approximate surface area is 253 Å². The number of hydrogen-bond donors (Lipinski definition) is 3. The van der Waals surface area contributed by atoms with E-state index in [4.69, 9.17) is 4.74 Å². The number of fused-ring (bicyclic) bond motifs is 2. The fourth-order valence-electron chi connectivity index (χ4n) is 6.77. The molecular weight excluding hydrogens is 562 g/mol. The van der Waals surface area contributed by atoms with Crippen molar-refractivity contribution in [1.29, 1.82) is 0 Å². The zero-order valence-electron chi connectivity index (χ0n) is 25.0. The molecule has 2 aliphatic rings. The maximum absolute atomic E-state index is 14.1. The Balaban J connectivity index is 1.47. The molecule has 2 heterocycles. The number of rotatable bonds is 9. The van der Waals surface area contributed by atoms with E-state index in [9.17, 15) is 24.3 Å². The van der Waals surface area contributed by atoms with E-state index in [1.54, 1.807) is 59.3 Å². The summed E-state index contributed by atoms with van der Waals surface area (Å²) in [6.45, 7) is 5.82. The topological polar surface area (TPSA) is 119 Å². The Kier molecular flexibility index (Phi) is 8.58. The summed E-state index contributed by atoms with van der Waals surface area (Å²) in [6.07, 6.45) is -0.769. The SMILES string of the molecule is C[C@H]1[C@H]([Si](C)(C)O)[C@@H](CC(=O)N(CCO)Cc2ccccc2)O[C@]12C(=O)N(C)c1ccc(NC(=O)c3ccccc3)cc12. The number of nitrogens with zero attached hydrogens (tertiary/aromatic N) is 2. The molecule has 10 heteroatoms. The third-order valence-electron chi connectivity index (χ3n) is 8.72. The zero-order valence-corrected chi connectivity index (χ0v) is 26.0. The lowest BCUT2D eigenvalue weighted by Gasteiger charge is -2.32. The molecule has 5 rings (SSSR count). The van der Waals surface area contributed by atoms with Gasteiger partial charge in [0.15, 0.2) is 13.9 Å². The van der Waals surface area contributed by atoms with Crippen LogP contribution in [0, 0.1) is 5.92 Å². The average molecular weight is 602 g/mol. The first-order chi connectivity index (χ1) is 20.5. The first-order valence-corrected chi connectivity index (χ1v) is 17.6. The Hall–Kier alpha value is -3.83. The van der Waals surface area contributed by atoms with E-state index < -0.39 is 31.5 Å². The van der Waals surface area contributed by atoms with Crippen molar-refractivity contribution in [2.75, 3.05) is 30.4 Å². The lowest BCUT2D eigenvalue weighted by molar-refractivity contribution is -0.149. The van der Waals surface area contributed by atoms with Crippen LogP contribution in [0.25, 0.3) is 0 Å². The minimum Gasteiger partial charge on any atom is -0.432 e. The van der Waals surface area contributed by atoms with Gasteiger partial charge in [-0.15, -0.1) is 0 Å². The van der Waals surface area contributed by atoms with Crippen molar-refractivity contribution in [2.24, 2.45) is 5.92 Å². The fraction of sp³-hybridized carbons (Fsp3) is 0.364. The highest BCUT2D eigenvalue weighted by Gasteiger charge is 2.66. The Morgan fingerprint density at radius 2 is 1.70 bits per heavy atom. The van der Waals surface area contributed by atoms with Crippen molar-refractivity contribution in [1.82, 2.24) is 4.90 Å². The number of hydrogen-bond acceptors (Lipinski definition) is 6. The van der Waals surface area contributed by atoms with Crippen LogP contribution in [-0.4, -0.2) is 67.1 Å². The lowest BCUT2D eigenvalue weighted by Crippen LogP contribution is -2.45. The lowest BCUT2D eigenvalue weighted by atomic mass is 9.82.